The predicted molar refractivity (Wildman–Crippen MR) is 88.0 cm³/mol. The van der Waals surface area contributed by atoms with E-state index >= 15 is 0 Å². The van der Waals surface area contributed by atoms with Gasteiger partial charge in [-0.15, -0.1) is 11.8 Å². The number of carbonyl (C=O) groups excluding carboxylic acids is 1. The second kappa shape index (κ2) is 9.42. The van der Waals surface area contributed by atoms with Crippen LogP contribution in [0.4, 0.5) is 0 Å². The van der Waals surface area contributed by atoms with Crippen LogP contribution in [0.3, 0.4) is 0 Å². The Hall–Kier alpha value is -0.520. The van der Waals surface area contributed by atoms with Gasteiger partial charge in [0.1, 0.15) is 0 Å². The van der Waals surface area contributed by atoms with E-state index in [1.165, 1.54) is 17.3 Å². The molecule has 0 heterocycles. The SMILES string of the molecule is CCOC(=O)CSc1cc(Br)ccc1CNCC(C)C. The number of hydrogen-bond acceptors (Lipinski definition) is 4. The maximum atomic E-state index is 11.4. The van der Waals surface area contributed by atoms with Crippen molar-refractivity contribution in [3.8, 4) is 0 Å². The number of hydrogen-bond donors (Lipinski definition) is 1. The van der Waals surface area contributed by atoms with Gasteiger partial charge in [0, 0.05) is 15.9 Å². The number of esters is 1. The molecule has 1 aromatic rings. The highest BCUT2D eigenvalue weighted by Crippen LogP contribution is 2.26. The van der Waals surface area contributed by atoms with Gasteiger partial charge in [0.15, 0.2) is 0 Å². The number of nitrogens with one attached hydrogen (secondary N) is 1. The molecule has 3 nitrogen and oxygen atoms in total. The Balaban J connectivity index is 2.62. The Morgan fingerprint density at radius 3 is 2.85 bits per heavy atom. The zero-order valence-electron chi connectivity index (χ0n) is 12.2. The van der Waals surface area contributed by atoms with E-state index in [0.717, 1.165) is 22.5 Å². The molecule has 0 amide bonds. The molecule has 20 heavy (non-hydrogen) atoms. The molecule has 0 fully saturated rings. The number of benzene rings is 1. The highest BCUT2D eigenvalue weighted by Gasteiger charge is 2.08. The second-order valence-corrected chi connectivity index (χ2v) is 6.80. The van der Waals surface area contributed by atoms with E-state index < -0.39 is 0 Å². The molecule has 0 bridgehead atoms. The normalized spacial score (nSPS) is 10.8. The van der Waals surface area contributed by atoms with Gasteiger partial charge in [-0.05, 0) is 37.1 Å². The van der Waals surface area contributed by atoms with Crippen molar-refractivity contribution < 1.29 is 9.53 Å². The summed E-state index contributed by atoms with van der Waals surface area (Å²) in [5.74, 6) is 0.807. The molecule has 112 valence electrons. The lowest BCUT2D eigenvalue weighted by atomic mass is 10.2. The average Bonchev–Trinajstić information content (AvgIpc) is 2.38. The summed E-state index contributed by atoms with van der Waals surface area (Å²) in [5, 5.41) is 3.43. The van der Waals surface area contributed by atoms with Crippen molar-refractivity contribution in [3.63, 3.8) is 0 Å². The number of thioether (sulfide) groups is 1. The van der Waals surface area contributed by atoms with Gasteiger partial charge in [-0.2, -0.15) is 0 Å². The summed E-state index contributed by atoms with van der Waals surface area (Å²) in [4.78, 5) is 12.6. The monoisotopic (exact) mass is 359 g/mol. The van der Waals surface area contributed by atoms with Gasteiger partial charge < -0.3 is 10.1 Å². The lowest BCUT2D eigenvalue weighted by molar-refractivity contribution is -0.139. The molecule has 0 saturated heterocycles. The molecule has 1 N–H and O–H groups in total. The molecular formula is C15H22BrNO2S. The maximum absolute atomic E-state index is 11.4. The third kappa shape index (κ3) is 6.77. The third-order valence-electron chi connectivity index (χ3n) is 2.55. The minimum absolute atomic E-state index is 0.168. The Morgan fingerprint density at radius 1 is 1.45 bits per heavy atom. The third-order valence-corrected chi connectivity index (χ3v) is 4.11. The molecular weight excluding hydrogens is 338 g/mol. The van der Waals surface area contributed by atoms with Crippen molar-refractivity contribution in [1.82, 2.24) is 5.32 Å². The fourth-order valence-electron chi connectivity index (χ4n) is 1.64. The van der Waals surface area contributed by atoms with Gasteiger partial charge in [0.05, 0.1) is 12.4 Å². The molecule has 0 unspecified atom stereocenters. The van der Waals surface area contributed by atoms with Crippen LogP contribution in [-0.2, 0) is 16.1 Å². The van der Waals surface area contributed by atoms with Crippen molar-refractivity contribution in [3.05, 3.63) is 28.2 Å². The number of halogens is 1. The number of rotatable bonds is 8. The van der Waals surface area contributed by atoms with Gasteiger partial charge in [0.25, 0.3) is 0 Å². The van der Waals surface area contributed by atoms with Crippen molar-refractivity contribution >= 4 is 33.7 Å². The second-order valence-electron chi connectivity index (χ2n) is 4.87. The quantitative estimate of drug-likeness (QED) is 0.565. The first-order valence-corrected chi connectivity index (χ1v) is 8.58. The van der Waals surface area contributed by atoms with E-state index in [-0.39, 0.29) is 5.97 Å². The van der Waals surface area contributed by atoms with Crippen LogP contribution in [0, 0.1) is 5.92 Å². The smallest absolute Gasteiger partial charge is 0.316 e. The van der Waals surface area contributed by atoms with Crippen LogP contribution in [0.5, 0.6) is 0 Å². The summed E-state index contributed by atoms with van der Waals surface area (Å²) in [6.07, 6.45) is 0. The highest BCUT2D eigenvalue weighted by molar-refractivity contribution is 9.10. The van der Waals surface area contributed by atoms with E-state index in [9.17, 15) is 4.79 Å². The summed E-state index contributed by atoms with van der Waals surface area (Å²) in [7, 11) is 0. The van der Waals surface area contributed by atoms with Crippen LogP contribution >= 0.6 is 27.7 Å². The molecule has 0 aromatic heterocycles. The lowest BCUT2D eigenvalue weighted by Gasteiger charge is -2.12. The van der Waals surface area contributed by atoms with E-state index in [0.29, 0.717) is 18.3 Å². The summed E-state index contributed by atoms with van der Waals surface area (Å²) < 4.78 is 5.98. The molecule has 0 radical (unpaired) electrons. The van der Waals surface area contributed by atoms with Gasteiger partial charge in [-0.25, -0.2) is 0 Å². The van der Waals surface area contributed by atoms with Crippen LogP contribution in [0.15, 0.2) is 27.6 Å². The first kappa shape index (κ1) is 17.5. The Kier molecular flexibility index (Phi) is 8.26. The van der Waals surface area contributed by atoms with Crippen molar-refractivity contribution in [2.45, 2.75) is 32.2 Å². The van der Waals surface area contributed by atoms with Crippen molar-refractivity contribution in [2.75, 3.05) is 18.9 Å². The molecule has 0 spiro atoms. The first-order chi connectivity index (χ1) is 9.52. The van der Waals surface area contributed by atoms with E-state index in [1.54, 1.807) is 0 Å². The number of carbonyl (C=O) groups is 1. The first-order valence-electron chi connectivity index (χ1n) is 6.80. The van der Waals surface area contributed by atoms with Gasteiger partial charge in [-0.1, -0.05) is 35.8 Å². The Labute approximate surface area is 134 Å². The average molecular weight is 360 g/mol. The van der Waals surface area contributed by atoms with Crippen LogP contribution < -0.4 is 5.32 Å². The van der Waals surface area contributed by atoms with E-state index in [4.69, 9.17) is 4.74 Å². The van der Waals surface area contributed by atoms with E-state index in [2.05, 4.69) is 47.2 Å². The fourth-order valence-corrected chi connectivity index (χ4v) is 3.05. The zero-order valence-corrected chi connectivity index (χ0v) is 14.6. The summed E-state index contributed by atoms with van der Waals surface area (Å²) in [5.41, 5.74) is 1.21. The van der Waals surface area contributed by atoms with Gasteiger partial charge in [0.2, 0.25) is 0 Å². The summed E-state index contributed by atoms with van der Waals surface area (Å²) in [6.45, 7) is 8.42. The summed E-state index contributed by atoms with van der Waals surface area (Å²) in [6, 6.07) is 6.17. The highest BCUT2D eigenvalue weighted by atomic mass is 79.9. The standard InChI is InChI=1S/C15H22BrNO2S/c1-4-19-15(18)10-20-14-7-13(16)6-5-12(14)9-17-8-11(2)3/h5-7,11,17H,4,8-10H2,1-3H3. The molecule has 1 aromatic carbocycles. The fraction of sp³-hybridized carbons (Fsp3) is 0.533. The van der Waals surface area contributed by atoms with E-state index in [1.807, 2.05) is 13.0 Å². The molecule has 1 rings (SSSR count). The molecule has 0 aliphatic carbocycles. The Bertz CT molecular complexity index is 438. The van der Waals surface area contributed by atoms with Crippen LogP contribution in [-0.4, -0.2) is 24.9 Å². The topological polar surface area (TPSA) is 38.3 Å². The minimum atomic E-state index is -0.168. The maximum Gasteiger partial charge on any atom is 0.316 e. The molecule has 0 aliphatic rings. The van der Waals surface area contributed by atoms with Crippen LogP contribution in [0.25, 0.3) is 0 Å². The van der Waals surface area contributed by atoms with Crippen molar-refractivity contribution in [1.29, 1.82) is 0 Å². The van der Waals surface area contributed by atoms with Gasteiger partial charge >= 0.3 is 5.97 Å². The molecule has 0 aliphatic heterocycles. The minimum Gasteiger partial charge on any atom is -0.465 e. The molecule has 0 atom stereocenters. The lowest BCUT2D eigenvalue weighted by Crippen LogP contribution is -2.19. The van der Waals surface area contributed by atoms with Gasteiger partial charge in [-0.3, -0.25) is 4.79 Å². The zero-order chi connectivity index (χ0) is 15.0. The van der Waals surface area contributed by atoms with Crippen molar-refractivity contribution in [2.24, 2.45) is 5.92 Å². The van der Waals surface area contributed by atoms with Crippen LogP contribution in [0.2, 0.25) is 0 Å². The molecule has 5 heteroatoms. The number of ether oxygens (including phenoxy) is 1. The van der Waals surface area contributed by atoms with Crippen LogP contribution in [0.1, 0.15) is 26.3 Å². The Morgan fingerprint density at radius 2 is 2.20 bits per heavy atom. The summed E-state index contributed by atoms with van der Waals surface area (Å²) >= 11 is 5.00. The predicted octanol–water partition coefficient (Wildman–Crippen LogP) is 3.85. The molecule has 0 saturated carbocycles. The largest absolute Gasteiger partial charge is 0.465 e.